The topological polar surface area (TPSA) is 80.9 Å². The average Bonchev–Trinajstić information content (AvgIpc) is 3.09. The Bertz CT molecular complexity index is 1010. The lowest BCUT2D eigenvalue weighted by atomic mass is 10.0. The number of benzene rings is 2. The number of likely N-dealkylation sites (tertiary alicyclic amines) is 1. The van der Waals surface area contributed by atoms with Crippen LogP contribution in [-0.2, 0) is 0 Å². The highest BCUT2D eigenvalue weighted by atomic mass is 35.5. The summed E-state index contributed by atoms with van der Waals surface area (Å²) in [5, 5.41) is 10.4. The maximum atomic E-state index is 12.4. The summed E-state index contributed by atoms with van der Waals surface area (Å²) in [6, 6.07) is 15.5. The van der Waals surface area contributed by atoms with Crippen LogP contribution in [0.2, 0.25) is 0 Å². The SMILES string of the molecule is COc1ccccc1OCC(O)C[NH+]1CCC(n2c(=O)[nH]c3ccccc32)CC1.[Cl-]. The molecule has 0 spiro atoms. The molecule has 1 aromatic heterocycles. The maximum absolute atomic E-state index is 12.4. The number of aromatic nitrogens is 2. The van der Waals surface area contributed by atoms with Crippen LogP contribution in [0.15, 0.2) is 53.3 Å². The molecule has 1 atom stereocenters. The third-order valence-corrected chi connectivity index (χ3v) is 5.68. The Kier molecular flexibility index (Phi) is 7.42. The first-order valence-corrected chi connectivity index (χ1v) is 10.1. The van der Waals surface area contributed by atoms with Gasteiger partial charge in [-0.3, -0.25) is 4.57 Å². The summed E-state index contributed by atoms with van der Waals surface area (Å²) in [5.74, 6) is 1.30. The van der Waals surface area contributed by atoms with E-state index in [-0.39, 0.29) is 30.7 Å². The molecule has 1 fully saturated rings. The van der Waals surface area contributed by atoms with Gasteiger partial charge in [-0.2, -0.15) is 0 Å². The lowest BCUT2D eigenvalue weighted by molar-refractivity contribution is -0.908. The highest BCUT2D eigenvalue weighted by Crippen LogP contribution is 2.25. The van der Waals surface area contributed by atoms with Gasteiger partial charge in [0.2, 0.25) is 0 Å². The van der Waals surface area contributed by atoms with E-state index in [0.29, 0.717) is 18.0 Å². The van der Waals surface area contributed by atoms with E-state index in [4.69, 9.17) is 9.47 Å². The minimum absolute atomic E-state index is 0. The first-order chi connectivity index (χ1) is 14.2. The van der Waals surface area contributed by atoms with Crippen molar-refractivity contribution in [1.29, 1.82) is 0 Å². The molecule has 8 heteroatoms. The largest absolute Gasteiger partial charge is 1.00 e. The van der Waals surface area contributed by atoms with Crippen molar-refractivity contribution in [1.82, 2.24) is 9.55 Å². The number of hydrogen-bond acceptors (Lipinski definition) is 4. The number of aliphatic hydroxyl groups is 1. The zero-order valence-corrected chi connectivity index (χ0v) is 17.8. The Morgan fingerprint density at radius 2 is 1.80 bits per heavy atom. The molecule has 3 N–H and O–H groups in total. The van der Waals surface area contributed by atoms with Gasteiger partial charge in [0.15, 0.2) is 11.5 Å². The highest BCUT2D eigenvalue weighted by Gasteiger charge is 2.27. The summed E-state index contributed by atoms with van der Waals surface area (Å²) in [5.41, 5.74) is 1.82. The first kappa shape index (κ1) is 22.2. The number of halogens is 1. The molecule has 2 aromatic carbocycles. The van der Waals surface area contributed by atoms with Gasteiger partial charge in [0, 0.05) is 18.9 Å². The molecule has 2 heterocycles. The van der Waals surface area contributed by atoms with Crippen molar-refractivity contribution in [2.75, 3.05) is 33.4 Å². The summed E-state index contributed by atoms with van der Waals surface area (Å²) in [4.78, 5) is 16.7. The molecule has 7 nitrogen and oxygen atoms in total. The van der Waals surface area contributed by atoms with Crippen molar-refractivity contribution in [3.05, 3.63) is 59.0 Å². The molecule has 0 saturated carbocycles. The van der Waals surface area contributed by atoms with Crippen molar-refractivity contribution < 1.29 is 31.9 Å². The van der Waals surface area contributed by atoms with E-state index in [0.717, 1.165) is 37.0 Å². The molecule has 162 valence electrons. The molecule has 0 bridgehead atoms. The van der Waals surface area contributed by atoms with Gasteiger partial charge >= 0.3 is 5.69 Å². The Labute approximate surface area is 181 Å². The monoisotopic (exact) mass is 433 g/mol. The van der Waals surface area contributed by atoms with E-state index < -0.39 is 6.10 Å². The Morgan fingerprint density at radius 3 is 2.53 bits per heavy atom. The van der Waals surface area contributed by atoms with E-state index in [1.165, 1.54) is 4.90 Å². The number of hydrogen-bond donors (Lipinski definition) is 3. The van der Waals surface area contributed by atoms with E-state index in [1.54, 1.807) is 7.11 Å². The molecule has 0 aliphatic carbocycles. The number of nitrogens with one attached hydrogen (secondary N) is 2. The van der Waals surface area contributed by atoms with Crippen LogP contribution in [-0.4, -0.2) is 54.1 Å². The van der Waals surface area contributed by atoms with Gasteiger partial charge in [0.05, 0.1) is 31.2 Å². The summed E-state index contributed by atoms with van der Waals surface area (Å²) in [6.07, 6.45) is 1.27. The number of nitrogens with zero attached hydrogens (tertiary/aromatic N) is 1. The molecule has 3 aromatic rings. The predicted molar refractivity (Wildman–Crippen MR) is 111 cm³/mol. The van der Waals surface area contributed by atoms with E-state index in [9.17, 15) is 9.90 Å². The fraction of sp³-hybridized carbons (Fsp3) is 0.409. The van der Waals surface area contributed by atoms with Crippen molar-refractivity contribution in [3.63, 3.8) is 0 Å². The second-order valence-electron chi connectivity index (χ2n) is 7.62. The Hall–Kier alpha value is -2.48. The minimum atomic E-state index is -0.553. The van der Waals surface area contributed by atoms with Crippen LogP contribution in [0.4, 0.5) is 0 Å². The molecule has 4 rings (SSSR count). The summed E-state index contributed by atoms with van der Waals surface area (Å²) < 4.78 is 12.9. The van der Waals surface area contributed by atoms with Gasteiger partial charge in [-0.15, -0.1) is 0 Å². The maximum Gasteiger partial charge on any atom is 0.326 e. The van der Waals surface area contributed by atoms with E-state index in [1.807, 2.05) is 53.1 Å². The number of aromatic amines is 1. The van der Waals surface area contributed by atoms with Gasteiger partial charge in [0.25, 0.3) is 0 Å². The molecule has 1 saturated heterocycles. The van der Waals surface area contributed by atoms with E-state index in [2.05, 4.69) is 4.98 Å². The van der Waals surface area contributed by atoms with Gasteiger partial charge in [-0.05, 0) is 24.3 Å². The number of H-pyrrole nitrogens is 1. The number of para-hydroxylation sites is 4. The van der Waals surface area contributed by atoms with Crippen molar-refractivity contribution in [2.45, 2.75) is 25.0 Å². The normalized spacial score (nSPS) is 19.8. The Morgan fingerprint density at radius 1 is 1.13 bits per heavy atom. The van der Waals surface area contributed by atoms with Gasteiger partial charge in [-0.25, -0.2) is 4.79 Å². The number of piperidine rings is 1. The lowest BCUT2D eigenvalue weighted by Crippen LogP contribution is -3.14. The van der Waals surface area contributed by atoms with Crippen molar-refractivity contribution >= 4 is 11.0 Å². The predicted octanol–water partition coefficient (Wildman–Crippen LogP) is -2.00. The van der Waals surface area contributed by atoms with Gasteiger partial charge < -0.3 is 36.9 Å². The standard InChI is InChI=1S/C22H27N3O4.ClH/c1-28-20-8-4-5-9-21(20)29-15-17(26)14-24-12-10-16(11-13-24)25-19-7-3-2-6-18(19)23-22(25)27;/h2-9,16-17,26H,10-15H2,1H3,(H,23,27);1H. The molecule has 0 amide bonds. The van der Waals surface area contributed by atoms with Crippen LogP contribution in [0.5, 0.6) is 11.5 Å². The average molecular weight is 434 g/mol. The molecule has 0 radical (unpaired) electrons. The fourth-order valence-corrected chi connectivity index (χ4v) is 4.23. The number of imidazole rings is 1. The third kappa shape index (κ3) is 4.80. The number of aliphatic hydroxyl groups excluding tert-OH is 1. The molecule has 1 unspecified atom stereocenters. The van der Waals surface area contributed by atoms with E-state index >= 15 is 0 Å². The third-order valence-electron chi connectivity index (χ3n) is 5.68. The number of quaternary nitrogens is 1. The Balaban J connectivity index is 0.00000256. The number of fused-ring (bicyclic) bond motifs is 1. The summed E-state index contributed by atoms with van der Waals surface area (Å²) in [6.45, 7) is 2.70. The quantitative estimate of drug-likeness (QED) is 0.403. The van der Waals surface area contributed by atoms with Gasteiger partial charge in [-0.1, -0.05) is 24.3 Å². The molecule has 30 heavy (non-hydrogen) atoms. The molecule has 1 aliphatic heterocycles. The summed E-state index contributed by atoms with van der Waals surface area (Å²) in [7, 11) is 1.60. The van der Waals surface area contributed by atoms with Crippen LogP contribution in [0, 0.1) is 0 Å². The summed E-state index contributed by atoms with van der Waals surface area (Å²) >= 11 is 0. The first-order valence-electron chi connectivity index (χ1n) is 10.1. The number of rotatable bonds is 7. The molecular formula is C22H28ClN3O4. The minimum Gasteiger partial charge on any atom is -1.00 e. The zero-order chi connectivity index (χ0) is 20.2. The number of ether oxygens (including phenoxy) is 2. The zero-order valence-electron chi connectivity index (χ0n) is 17.0. The van der Waals surface area contributed by atoms with Crippen molar-refractivity contribution in [2.24, 2.45) is 0 Å². The molecule has 1 aliphatic rings. The second-order valence-corrected chi connectivity index (χ2v) is 7.62. The lowest BCUT2D eigenvalue weighted by Gasteiger charge is -2.31. The van der Waals surface area contributed by atoms with Crippen LogP contribution in [0.1, 0.15) is 18.9 Å². The smallest absolute Gasteiger partial charge is 0.326 e. The van der Waals surface area contributed by atoms with Crippen LogP contribution in [0.25, 0.3) is 11.0 Å². The number of methoxy groups -OCH3 is 1. The fourth-order valence-electron chi connectivity index (χ4n) is 4.23. The van der Waals surface area contributed by atoms with Crippen LogP contribution < -0.4 is 32.5 Å². The van der Waals surface area contributed by atoms with Crippen LogP contribution >= 0.6 is 0 Å². The van der Waals surface area contributed by atoms with Crippen molar-refractivity contribution in [3.8, 4) is 11.5 Å². The molecular weight excluding hydrogens is 406 g/mol. The second kappa shape index (κ2) is 10.0. The van der Waals surface area contributed by atoms with Gasteiger partial charge in [0.1, 0.15) is 19.3 Å². The van der Waals surface area contributed by atoms with Crippen LogP contribution in [0.3, 0.4) is 0 Å². The highest BCUT2D eigenvalue weighted by molar-refractivity contribution is 5.75.